The molecule has 0 radical (unpaired) electrons. The highest BCUT2D eigenvalue weighted by Gasteiger charge is 2.19. The van der Waals surface area contributed by atoms with Gasteiger partial charge in [-0.25, -0.2) is 0 Å². The fourth-order valence-corrected chi connectivity index (χ4v) is 2.59. The van der Waals surface area contributed by atoms with E-state index in [1.807, 2.05) is 18.5 Å². The van der Waals surface area contributed by atoms with E-state index in [0.717, 1.165) is 5.52 Å². The molecule has 0 bridgehead atoms. The molecule has 0 aromatic carbocycles. The van der Waals surface area contributed by atoms with E-state index in [4.69, 9.17) is 0 Å². The van der Waals surface area contributed by atoms with E-state index in [2.05, 4.69) is 15.2 Å². The molecular weight excluding hydrogens is 186 g/mol. The third-order valence-corrected chi connectivity index (χ3v) is 3.39. The van der Waals surface area contributed by atoms with Crippen LogP contribution in [0, 0.1) is 0 Å². The summed E-state index contributed by atoms with van der Waals surface area (Å²) in [5, 5.41) is 8.31. The fourth-order valence-electron chi connectivity index (χ4n) is 2.59. The molecule has 3 nitrogen and oxygen atoms in total. The Morgan fingerprint density at radius 3 is 2.93 bits per heavy atom. The molecule has 1 fully saturated rings. The van der Waals surface area contributed by atoms with Crippen molar-refractivity contribution in [3.8, 4) is 0 Å². The van der Waals surface area contributed by atoms with Crippen LogP contribution >= 0.6 is 0 Å². The molecule has 0 saturated heterocycles. The second-order valence-corrected chi connectivity index (χ2v) is 4.36. The molecule has 2 heterocycles. The van der Waals surface area contributed by atoms with Crippen molar-refractivity contribution in [2.45, 2.75) is 38.0 Å². The van der Waals surface area contributed by atoms with E-state index in [-0.39, 0.29) is 0 Å². The third-order valence-electron chi connectivity index (χ3n) is 3.39. The van der Waals surface area contributed by atoms with Gasteiger partial charge in [0.15, 0.2) is 0 Å². The maximum atomic E-state index is 4.54. The van der Waals surface area contributed by atoms with Crippen LogP contribution in [0.25, 0.3) is 10.9 Å². The van der Waals surface area contributed by atoms with Gasteiger partial charge in [-0.05, 0) is 18.9 Å². The van der Waals surface area contributed by atoms with Crippen molar-refractivity contribution in [3.05, 3.63) is 24.2 Å². The minimum Gasteiger partial charge on any atom is -0.278 e. The van der Waals surface area contributed by atoms with Crippen LogP contribution in [0.3, 0.4) is 0 Å². The maximum Gasteiger partial charge on any atom is 0.0684 e. The molecule has 1 aliphatic rings. The van der Waals surface area contributed by atoms with Crippen LogP contribution in [0.1, 0.15) is 43.7 Å². The molecule has 0 amide bonds. The number of aromatic nitrogens is 3. The highest BCUT2D eigenvalue weighted by atomic mass is 15.1. The Balaban J connectivity index is 2.05. The predicted octanol–water partition coefficient (Wildman–Crippen LogP) is 3.01. The Hall–Kier alpha value is -1.38. The zero-order valence-corrected chi connectivity index (χ0v) is 8.74. The van der Waals surface area contributed by atoms with Crippen molar-refractivity contribution in [1.82, 2.24) is 15.2 Å². The first-order valence-corrected chi connectivity index (χ1v) is 5.73. The average molecular weight is 201 g/mol. The van der Waals surface area contributed by atoms with Gasteiger partial charge < -0.3 is 0 Å². The molecule has 3 heteroatoms. The van der Waals surface area contributed by atoms with Gasteiger partial charge in [0.1, 0.15) is 0 Å². The summed E-state index contributed by atoms with van der Waals surface area (Å²) in [4.78, 5) is 4.54. The minimum atomic E-state index is 0.653. The molecule has 2 aromatic heterocycles. The summed E-state index contributed by atoms with van der Waals surface area (Å²) in [6.07, 6.45) is 10.5. The van der Waals surface area contributed by atoms with Gasteiger partial charge in [-0.1, -0.05) is 19.3 Å². The van der Waals surface area contributed by atoms with E-state index >= 15 is 0 Å². The standard InChI is InChI=1S/C12H15N3/c1-2-4-9(5-3-1)12-10-8-14-15-11(10)6-7-13-12/h6-9H,1-5H2,(H,14,15). The van der Waals surface area contributed by atoms with Gasteiger partial charge in [-0.15, -0.1) is 0 Å². The second-order valence-electron chi connectivity index (χ2n) is 4.36. The lowest BCUT2D eigenvalue weighted by Crippen LogP contribution is -2.06. The van der Waals surface area contributed by atoms with E-state index in [1.54, 1.807) is 0 Å². The number of nitrogens with one attached hydrogen (secondary N) is 1. The molecule has 1 N–H and O–H groups in total. The molecule has 1 aliphatic carbocycles. The lowest BCUT2D eigenvalue weighted by molar-refractivity contribution is 0.439. The Kier molecular flexibility index (Phi) is 2.16. The molecular formula is C12H15N3. The van der Waals surface area contributed by atoms with Crippen LogP contribution < -0.4 is 0 Å². The molecule has 78 valence electrons. The van der Waals surface area contributed by atoms with E-state index in [1.165, 1.54) is 43.2 Å². The van der Waals surface area contributed by atoms with Crippen molar-refractivity contribution in [3.63, 3.8) is 0 Å². The first-order valence-electron chi connectivity index (χ1n) is 5.73. The predicted molar refractivity (Wildman–Crippen MR) is 59.7 cm³/mol. The molecule has 1 saturated carbocycles. The van der Waals surface area contributed by atoms with Gasteiger partial charge in [-0.2, -0.15) is 5.10 Å². The van der Waals surface area contributed by atoms with E-state index in [0.29, 0.717) is 5.92 Å². The monoisotopic (exact) mass is 201 g/mol. The van der Waals surface area contributed by atoms with Gasteiger partial charge in [-0.3, -0.25) is 10.1 Å². The first-order chi connectivity index (χ1) is 7.45. The fraction of sp³-hybridized carbons (Fsp3) is 0.500. The average Bonchev–Trinajstić information content (AvgIpc) is 2.78. The molecule has 0 spiro atoms. The Labute approximate surface area is 88.9 Å². The highest BCUT2D eigenvalue weighted by molar-refractivity contribution is 5.80. The van der Waals surface area contributed by atoms with Crippen LogP contribution in [0.2, 0.25) is 0 Å². The Morgan fingerprint density at radius 1 is 1.20 bits per heavy atom. The topological polar surface area (TPSA) is 41.6 Å². The van der Waals surface area contributed by atoms with Crippen LogP contribution in [0.4, 0.5) is 0 Å². The maximum absolute atomic E-state index is 4.54. The Bertz CT molecular complexity index is 455. The van der Waals surface area contributed by atoms with Crippen LogP contribution in [-0.2, 0) is 0 Å². The quantitative estimate of drug-likeness (QED) is 0.770. The van der Waals surface area contributed by atoms with Crippen molar-refractivity contribution >= 4 is 10.9 Å². The number of hydrogen-bond donors (Lipinski definition) is 1. The molecule has 15 heavy (non-hydrogen) atoms. The smallest absolute Gasteiger partial charge is 0.0684 e. The number of nitrogens with zero attached hydrogens (tertiary/aromatic N) is 2. The molecule has 0 unspecified atom stereocenters. The zero-order chi connectivity index (χ0) is 10.1. The summed E-state index contributed by atoms with van der Waals surface area (Å²) < 4.78 is 0. The number of H-pyrrole nitrogens is 1. The second kappa shape index (κ2) is 3.65. The normalized spacial score (nSPS) is 18.4. The van der Waals surface area contributed by atoms with Crippen molar-refractivity contribution < 1.29 is 0 Å². The Morgan fingerprint density at radius 2 is 2.07 bits per heavy atom. The summed E-state index contributed by atoms with van der Waals surface area (Å²) in [7, 11) is 0. The van der Waals surface area contributed by atoms with Gasteiger partial charge in [0.05, 0.1) is 17.4 Å². The molecule has 0 atom stereocenters. The van der Waals surface area contributed by atoms with Gasteiger partial charge in [0.25, 0.3) is 0 Å². The van der Waals surface area contributed by atoms with Crippen molar-refractivity contribution in [2.75, 3.05) is 0 Å². The summed E-state index contributed by atoms with van der Waals surface area (Å²) >= 11 is 0. The molecule has 0 aliphatic heterocycles. The summed E-state index contributed by atoms with van der Waals surface area (Å²) in [5.41, 5.74) is 2.37. The van der Waals surface area contributed by atoms with Crippen molar-refractivity contribution in [1.29, 1.82) is 0 Å². The zero-order valence-electron chi connectivity index (χ0n) is 8.74. The molecule has 2 aromatic rings. The van der Waals surface area contributed by atoms with Crippen LogP contribution in [0.5, 0.6) is 0 Å². The lowest BCUT2D eigenvalue weighted by Gasteiger charge is -2.21. The highest BCUT2D eigenvalue weighted by Crippen LogP contribution is 2.34. The number of aromatic amines is 1. The molecule has 3 rings (SSSR count). The third kappa shape index (κ3) is 1.52. The van der Waals surface area contributed by atoms with Gasteiger partial charge >= 0.3 is 0 Å². The lowest BCUT2D eigenvalue weighted by atomic mass is 9.86. The van der Waals surface area contributed by atoms with Crippen LogP contribution in [0.15, 0.2) is 18.5 Å². The van der Waals surface area contributed by atoms with Gasteiger partial charge in [0.2, 0.25) is 0 Å². The van der Waals surface area contributed by atoms with E-state index < -0.39 is 0 Å². The minimum absolute atomic E-state index is 0.653. The van der Waals surface area contributed by atoms with Gasteiger partial charge in [0, 0.05) is 17.5 Å². The summed E-state index contributed by atoms with van der Waals surface area (Å²) in [6, 6.07) is 1.99. The number of hydrogen-bond acceptors (Lipinski definition) is 2. The van der Waals surface area contributed by atoms with Crippen molar-refractivity contribution in [2.24, 2.45) is 0 Å². The summed E-state index contributed by atoms with van der Waals surface area (Å²) in [6.45, 7) is 0. The summed E-state index contributed by atoms with van der Waals surface area (Å²) in [5.74, 6) is 0.653. The SMILES string of the molecule is c1cc2[nH]ncc2c(C2CCCCC2)n1. The van der Waals surface area contributed by atoms with E-state index in [9.17, 15) is 0 Å². The largest absolute Gasteiger partial charge is 0.278 e. The number of pyridine rings is 1. The first kappa shape index (κ1) is 8.89. The number of fused-ring (bicyclic) bond motifs is 1. The van der Waals surface area contributed by atoms with Crippen LogP contribution in [-0.4, -0.2) is 15.2 Å². The number of rotatable bonds is 1.